The summed E-state index contributed by atoms with van der Waals surface area (Å²) in [5, 5.41) is 8.43. The van der Waals surface area contributed by atoms with E-state index < -0.39 is 23.6 Å². The summed E-state index contributed by atoms with van der Waals surface area (Å²) in [6, 6.07) is 15.5. The van der Waals surface area contributed by atoms with Gasteiger partial charge in [0.1, 0.15) is 5.69 Å². The van der Waals surface area contributed by atoms with Crippen molar-refractivity contribution in [3.8, 4) is 11.3 Å². The first-order valence-electron chi connectivity index (χ1n) is 9.56. The average molecular weight is 505 g/mol. The maximum Gasteiger partial charge on any atom is 0.356 e. The summed E-state index contributed by atoms with van der Waals surface area (Å²) in [4.78, 5) is 25.3. The third-order valence-corrected chi connectivity index (χ3v) is 5.87. The lowest BCUT2D eigenvalue weighted by Gasteiger charge is -2.19. The molecule has 0 radical (unpaired) electrons. The number of nitrogens with one attached hydrogen (secondary N) is 1. The molecule has 0 amide bonds. The van der Waals surface area contributed by atoms with E-state index >= 15 is 0 Å². The molecule has 7 nitrogen and oxygen atoms in total. The van der Waals surface area contributed by atoms with Crippen molar-refractivity contribution in [3.63, 3.8) is 0 Å². The predicted molar refractivity (Wildman–Crippen MR) is 119 cm³/mol. The third-order valence-electron chi connectivity index (χ3n) is 5.09. The van der Waals surface area contributed by atoms with Crippen LogP contribution in [0, 0.1) is 0 Å². The Bertz CT molecular complexity index is 1130. The minimum absolute atomic E-state index is 0.208. The molecule has 1 fully saturated rings. The van der Waals surface area contributed by atoms with Crippen molar-refractivity contribution < 1.29 is 19.1 Å². The lowest BCUT2D eigenvalue weighted by Crippen LogP contribution is -2.32. The zero-order valence-electron chi connectivity index (χ0n) is 16.8. The molecule has 0 aliphatic carbocycles. The van der Waals surface area contributed by atoms with Gasteiger partial charge in [0.05, 0.1) is 19.4 Å². The van der Waals surface area contributed by atoms with Gasteiger partial charge in [-0.15, -0.1) is 0 Å². The molecule has 2 heterocycles. The molecule has 0 saturated carbocycles. The van der Waals surface area contributed by atoms with Crippen molar-refractivity contribution in [2.24, 2.45) is 0 Å². The second-order valence-corrected chi connectivity index (χ2v) is 8.28. The second-order valence-electron chi connectivity index (χ2n) is 6.93. The van der Waals surface area contributed by atoms with Crippen LogP contribution in [0.4, 0.5) is 0 Å². The number of rotatable bonds is 6. The maximum absolute atomic E-state index is 12.8. The minimum Gasteiger partial charge on any atom is -0.468 e. The van der Waals surface area contributed by atoms with Crippen LogP contribution in [0.25, 0.3) is 11.3 Å². The SMILES string of the molecule is CCOC(=O)c1cc(-c2ccc(Br)cc2)nn1[C@@]1(c2ccc(Cl)cc2)N[C@@H]1C(=O)OC. The van der Waals surface area contributed by atoms with E-state index in [1.165, 1.54) is 11.8 Å². The number of nitrogens with zero attached hydrogens (tertiary/aromatic N) is 2. The standard InChI is InChI=1S/C22H19BrClN3O4/c1-3-31-20(28)18-12-17(13-4-8-15(23)9-5-13)26-27(18)22(19(25-22)21(29)30-2)14-6-10-16(24)11-7-14/h4-12,19,25H,3H2,1-2H3/t19-,22-/m1/s1. The molecule has 31 heavy (non-hydrogen) atoms. The van der Waals surface area contributed by atoms with Crippen LogP contribution in [-0.2, 0) is 19.9 Å². The van der Waals surface area contributed by atoms with Crippen LogP contribution >= 0.6 is 27.5 Å². The van der Waals surface area contributed by atoms with Crippen LogP contribution < -0.4 is 5.32 Å². The maximum atomic E-state index is 12.8. The molecule has 1 aromatic heterocycles. The fourth-order valence-electron chi connectivity index (χ4n) is 3.55. The van der Waals surface area contributed by atoms with Crippen molar-refractivity contribution >= 4 is 39.5 Å². The number of carbonyl (C=O) groups excluding carboxylic acids is 2. The third kappa shape index (κ3) is 3.86. The normalized spacial score (nSPS) is 19.7. The van der Waals surface area contributed by atoms with Crippen LogP contribution in [0.15, 0.2) is 59.1 Å². The highest BCUT2D eigenvalue weighted by Crippen LogP contribution is 2.42. The van der Waals surface area contributed by atoms with Crippen LogP contribution in [-0.4, -0.2) is 41.5 Å². The number of methoxy groups -OCH3 is 1. The van der Waals surface area contributed by atoms with Crippen LogP contribution in [0.3, 0.4) is 0 Å². The molecule has 1 aliphatic rings. The Kier molecular flexibility index (Phi) is 5.88. The molecule has 2 atom stereocenters. The van der Waals surface area contributed by atoms with Crippen molar-refractivity contribution in [1.29, 1.82) is 0 Å². The Morgan fingerprint density at radius 2 is 1.87 bits per heavy atom. The molecule has 160 valence electrons. The first-order valence-corrected chi connectivity index (χ1v) is 10.7. The van der Waals surface area contributed by atoms with Crippen molar-refractivity contribution in [1.82, 2.24) is 15.1 Å². The molecule has 0 bridgehead atoms. The van der Waals surface area contributed by atoms with Gasteiger partial charge in [0.2, 0.25) is 0 Å². The van der Waals surface area contributed by atoms with Gasteiger partial charge in [-0.3, -0.25) is 10.1 Å². The van der Waals surface area contributed by atoms with Gasteiger partial charge >= 0.3 is 11.9 Å². The largest absolute Gasteiger partial charge is 0.468 e. The summed E-state index contributed by atoms with van der Waals surface area (Å²) in [6.07, 6.45) is 0. The van der Waals surface area contributed by atoms with Crippen molar-refractivity contribution in [2.75, 3.05) is 13.7 Å². The first kappa shape index (κ1) is 21.5. The molecule has 1 saturated heterocycles. The lowest BCUT2D eigenvalue weighted by molar-refractivity contribution is -0.140. The number of hydrogen-bond acceptors (Lipinski definition) is 6. The Labute approximate surface area is 192 Å². The summed E-state index contributed by atoms with van der Waals surface area (Å²) in [7, 11) is 1.32. The Hall–Kier alpha value is -2.68. The van der Waals surface area contributed by atoms with Gasteiger partial charge in [-0.25, -0.2) is 9.48 Å². The summed E-state index contributed by atoms with van der Waals surface area (Å²) in [5.74, 6) is -1.01. The Morgan fingerprint density at radius 1 is 1.19 bits per heavy atom. The van der Waals surface area contributed by atoms with Gasteiger partial charge in [0.15, 0.2) is 11.7 Å². The van der Waals surface area contributed by atoms with Gasteiger partial charge in [-0.05, 0) is 42.8 Å². The number of esters is 2. The summed E-state index contributed by atoms with van der Waals surface area (Å²) >= 11 is 9.48. The van der Waals surface area contributed by atoms with Gasteiger partial charge in [-0.1, -0.05) is 51.8 Å². The second kappa shape index (κ2) is 8.45. The fraction of sp³-hybridized carbons (Fsp3) is 0.227. The molecule has 1 N–H and O–H groups in total. The van der Waals surface area contributed by atoms with Gasteiger partial charge in [-0.2, -0.15) is 5.10 Å². The van der Waals surface area contributed by atoms with E-state index in [4.69, 9.17) is 26.2 Å². The number of aromatic nitrogens is 2. The summed E-state index contributed by atoms with van der Waals surface area (Å²) in [6.45, 7) is 1.94. The highest BCUT2D eigenvalue weighted by molar-refractivity contribution is 9.10. The van der Waals surface area contributed by atoms with Crippen LogP contribution in [0.2, 0.25) is 5.02 Å². The summed E-state index contributed by atoms with van der Waals surface area (Å²) in [5.41, 5.74) is 1.21. The van der Waals surface area contributed by atoms with Crippen molar-refractivity contribution in [2.45, 2.75) is 18.6 Å². The van der Waals surface area contributed by atoms with E-state index in [9.17, 15) is 9.59 Å². The molecule has 2 aromatic carbocycles. The molecule has 4 rings (SSSR count). The lowest BCUT2D eigenvalue weighted by atomic mass is 10.0. The van der Waals surface area contributed by atoms with Gasteiger partial charge < -0.3 is 9.47 Å². The molecule has 1 aliphatic heterocycles. The monoisotopic (exact) mass is 503 g/mol. The number of halogens is 2. The predicted octanol–water partition coefficient (Wildman–Crippen LogP) is 3.99. The zero-order chi connectivity index (χ0) is 22.2. The van der Waals surface area contributed by atoms with Gasteiger partial charge in [0, 0.05) is 15.1 Å². The number of hydrogen-bond donors (Lipinski definition) is 1. The molecule has 0 spiro atoms. The van der Waals surface area contributed by atoms with Gasteiger partial charge in [0.25, 0.3) is 0 Å². The van der Waals surface area contributed by atoms with Crippen molar-refractivity contribution in [3.05, 3.63) is 75.4 Å². The quantitative estimate of drug-likeness (QED) is 0.403. The number of carbonyl (C=O) groups is 2. The Morgan fingerprint density at radius 3 is 2.48 bits per heavy atom. The molecule has 9 heteroatoms. The first-order chi connectivity index (χ1) is 14.9. The van der Waals surface area contributed by atoms with Crippen LogP contribution in [0.1, 0.15) is 23.0 Å². The molecule has 3 aromatic rings. The van der Waals surface area contributed by atoms with E-state index in [1.54, 1.807) is 37.3 Å². The average Bonchev–Trinajstić information content (AvgIpc) is 3.36. The molecule has 0 unspecified atom stereocenters. The summed E-state index contributed by atoms with van der Waals surface area (Å²) < 4.78 is 12.7. The molecular formula is C22H19BrClN3O4. The zero-order valence-corrected chi connectivity index (χ0v) is 19.1. The smallest absolute Gasteiger partial charge is 0.356 e. The van der Waals surface area contributed by atoms with Crippen LogP contribution in [0.5, 0.6) is 0 Å². The highest BCUT2D eigenvalue weighted by Gasteiger charge is 2.63. The Balaban J connectivity index is 1.89. The molecular weight excluding hydrogens is 486 g/mol. The highest BCUT2D eigenvalue weighted by atomic mass is 79.9. The van der Waals surface area contributed by atoms with E-state index in [-0.39, 0.29) is 12.3 Å². The van der Waals surface area contributed by atoms with E-state index in [0.717, 1.165) is 10.0 Å². The van der Waals surface area contributed by atoms with E-state index in [2.05, 4.69) is 21.2 Å². The topological polar surface area (TPSA) is 92.4 Å². The number of benzene rings is 2. The van der Waals surface area contributed by atoms with E-state index in [0.29, 0.717) is 16.3 Å². The fourth-order valence-corrected chi connectivity index (χ4v) is 3.94. The minimum atomic E-state index is -1.10. The van der Waals surface area contributed by atoms with E-state index in [1.807, 2.05) is 24.3 Å². The number of ether oxygens (including phenoxy) is 2.